The van der Waals surface area contributed by atoms with Gasteiger partial charge in [-0.2, -0.15) is 0 Å². The van der Waals surface area contributed by atoms with Crippen molar-refractivity contribution in [1.82, 2.24) is 0 Å². The van der Waals surface area contributed by atoms with Gasteiger partial charge in [0.2, 0.25) is 0 Å². The van der Waals surface area contributed by atoms with Crippen molar-refractivity contribution in [3.05, 3.63) is 0 Å². The first-order valence-electron chi connectivity index (χ1n) is 8.80. The molecular formula is C16H38O5Si2. The monoisotopic (exact) mass is 366 g/mol. The molecule has 5 nitrogen and oxygen atoms in total. The van der Waals surface area contributed by atoms with Crippen molar-refractivity contribution in [1.29, 1.82) is 0 Å². The van der Waals surface area contributed by atoms with Gasteiger partial charge in [0.15, 0.2) is 0 Å². The van der Waals surface area contributed by atoms with Crippen LogP contribution in [0.2, 0.25) is 0 Å². The van der Waals surface area contributed by atoms with E-state index < -0.39 is 19.1 Å². The van der Waals surface area contributed by atoms with E-state index in [4.69, 9.17) is 21.8 Å². The molecule has 0 saturated heterocycles. The Morgan fingerprint density at radius 3 is 1.26 bits per heavy atom. The Morgan fingerprint density at radius 1 is 0.609 bits per heavy atom. The summed E-state index contributed by atoms with van der Waals surface area (Å²) in [7, 11) is -4.30. The van der Waals surface area contributed by atoms with Crippen LogP contribution in [0, 0.1) is 23.7 Å². The molecule has 0 spiro atoms. The molecule has 23 heavy (non-hydrogen) atoms. The van der Waals surface area contributed by atoms with E-state index in [1.807, 2.05) is 0 Å². The fraction of sp³-hybridized carbons (Fsp3) is 1.00. The summed E-state index contributed by atoms with van der Waals surface area (Å²) in [6.45, 7) is 19.3. The molecule has 0 radical (unpaired) electrons. The summed E-state index contributed by atoms with van der Waals surface area (Å²) in [4.78, 5) is 0. The summed E-state index contributed by atoms with van der Waals surface area (Å²) in [5, 5.41) is 0. The first kappa shape index (κ1) is 23.2. The quantitative estimate of drug-likeness (QED) is 0.349. The summed E-state index contributed by atoms with van der Waals surface area (Å²) < 4.78 is 29.8. The number of rotatable bonds is 14. The van der Waals surface area contributed by atoms with Gasteiger partial charge in [-0.15, -0.1) is 0 Å². The van der Waals surface area contributed by atoms with E-state index in [9.17, 15) is 0 Å². The second-order valence-corrected chi connectivity index (χ2v) is 11.3. The van der Waals surface area contributed by atoms with Gasteiger partial charge in [-0.1, -0.05) is 55.4 Å². The molecule has 140 valence electrons. The first-order valence-corrected chi connectivity index (χ1v) is 11.6. The van der Waals surface area contributed by atoms with Crippen molar-refractivity contribution >= 4 is 19.1 Å². The Hall–Kier alpha value is 0.234. The van der Waals surface area contributed by atoms with Gasteiger partial charge in [0, 0.05) is 26.4 Å². The summed E-state index contributed by atoms with van der Waals surface area (Å²) in [6, 6.07) is 0. The van der Waals surface area contributed by atoms with Crippen molar-refractivity contribution < 1.29 is 21.8 Å². The van der Waals surface area contributed by atoms with Crippen LogP contribution >= 0.6 is 0 Å². The van der Waals surface area contributed by atoms with Crippen LogP contribution in [0.3, 0.4) is 0 Å². The third-order valence-corrected chi connectivity index (χ3v) is 6.40. The zero-order valence-corrected chi connectivity index (χ0v) is 18.8. The second kappa shape index (κ2) is 12.6. The maximum Gasteiger partial charge on any atom is 0.670 e. The zero-order chi connectivity index (χ0) is 17.9. The van der Waals surface area contributed by atoms with Gasteiger partial charge in [0.25, 0.3) is 10.0 Å². The van der Waals surface area contributed by atoms with Gasteiger partial charge in [-0.3, -0.25) is 0 Å². The highest BCUT2D eigenvalue weighted by atomic mass is 28.4. The lowest BCUT2D eigenvalue weighted by molar-refractivity contribution is -0.0213. The maximum atomic E-state index is 6.03. The van der Waals surface area contributed by atoms with Crippen LogP contribution in [-0.2, 0) is 21.8 Å². The third-order valence-electron chi connectivity index (χ3n) is 2.55. The molecule has 7 heteroatoms. The highest BCUT2D eigenvalue weighted by Gasteiger charge is 2.46. The van der Waals surface area contributed by atoms with Gasteiger partial charge >= 0.3 is 9.05 Å². The molecule has 0 rings (SSSR count). The molecule has 0 fully saturated rings. The van der Waals surface area contributed by atoms with Gasteiger partial charge < -0.3 is 21.8 Å². The van der Waals surface area contributed by atoms with Gasteiger partial charge in [0.1, 0.15) is 0 Å². The molecule has 0 heterocycles. The Morgan fingerprint density at radius 2 is 0.957 bits per heavy atom. The minimum absolute atomic E-state index is 0.397. The van der Waals surface area contributed by atoms with Crippen LogP contribution in [0.4, 0.5) is 0 Å². The van der Waals surface area contributed by atoms with Gasteiger partial charge in [-0.25, -0.2) is 0 Å². The van der Waals surface area contributed by atoms with Crippen LogP contribution in [0.5, 0.6) is 0 Å². The molecule has 0 N–H and O–H groups in total. The van der Waals surface area contributed by atoms with Crippen molar-refractivity contribution in [2.75, 3.05) is 26.4 Å². The molecule has 0 aromatic rings. The second-order valence-electron chi connectivity index (χ2n) is 7.64. The normalized spacial score (nSPS) is 13.6. The fourth-order valence-corrected chi connectivity index (χ4v) is 5.79. The molecule has 0 amide bonds. The van der Waals surface area contributed by atoms with Crippen LogP contribution in [0.15, 0.2) is 0 Å². The highest BCUT2D eigenvalue weighted by molar-refractivity contribution is 6.59. The average molecular weight is 367 g/mol. The highest BCUT2D eigenvalue weighted by Crippen LogP contribution is 2.16. The van der Waals surface area contributed by atoms with E-state index in [0.717, 1.165) is 0 Å². The minimum atomic E-state index is -3.12. The SMILES string of the molecule is CC(C)CO[SiH2]O[Si](OCC(C)C)(OCC(C)C)OCC(C)C. The molecule has 0 atom stereocenters. The molecule has 0 aliphatic heterocycles. The molecule has 0 aromatic heterocycles. The Kier molecular flexibility index (Phi) is 12.7. The maximum absolute atomic E-state index is 6.03. The summed E-state index contributed by atoms with van der Waals surface area (Å²) >= 11 is 0. The van der Waals surface area contributed by atoms with Crippen LogP contribution in [0.25, 0.3) is 0 Å². The van der Waals surface area contributed by atoms with Crippen molar-refractivity contribution in [3.8, 4) is 0 Å². The zero-order valence-electron chi connectivity index (χ0n) is 16.4. The Bertz CT molecular complexity index is 254. The first-order chi connectivity index (χ1) is 10.7. The van der Waals surface area contributed by atoms with E-state index in [2.05, 4.69) is 55.4 Å². The molecule has 0 bridgehead atoms. The van der Waals surface area contributed by atoms with Crippen LogP contribution in [0.1, 0.15) is 55.4 Å². The molecule has 0 aliphatic rings. The predicted octanol–water partition coefficient (Wildman–Crippen LogP) is 3.13. The van der Waals surface area contributed by atoms with E-state index in [-0.39, 0.29) is 0 Å². The molecule has 0 aromatic carbocycles. The predicted molar refractivity (Wildman–Crippen MR) is 98.5 cm³/mol. The molecule has 0 unspecified atom stereocenters. The fourth-order valence-electron chi connectivity index (χ4n) is 1.45. The van der Waals surface area contributed by atoms with Gasteiger partial charge in [-0.05, 0) is 23.7 Å². The third kappa shape index (κ3) is 13.2. The lowest BCUT2D eigenvalue weighted by atomic mass is 10.2. The number of hydrogen-bond donors (Lipinski definition) is 0. The molecule has 0 saturated carbocycles. The molecular weight excluding hydrogens is 328 g/mol. The summed E-state index contributed by atoms with van der Waals surface area (Å²) in [5.74, 6) is 1.68. The topological polar surface area (TPSA) is 46.2 Å². The summed E-state index contributed by atoms with van der Waals surface area (Å²) in [6.07, 6.45) is 0. The Balaban J connectivity index is 4.79. The minimum Gasteiger partial charge on any atom is -0.399 e. The van der Waals surface area contributed by atoms with E-state index in [0.29, 0.717) is 50.1 Å². The number of hydrogen-bond acceptors (Lipinski definition) is 5. The molecule has 0 aliphatic carbocycles. The largest absolute Gasteiger partial charge is 0.670 e. The van der Waals surface area contributed by atoms with Gasteiger partial charge in [0.05, 0.1) is 0 Å². The van der Waals surface area contributed by atoms with Crippen molar-refractivity contribution in [2.24, 2.45) is 23.7 Å². The van der Waals surface area contributed by atoms with E-state index >= 15 is 0 Å². The van der Waals surface area contributed by atoms with Crippen LogP contribution < -0.4 is 0 Å². The van der Waals surface area contributed by atoms with E-state index in [1.54, 1.807) is 0 Å². The van der Waals surface area contributed by atoms with E-state index in [1.165, 1.54) is 0 Å². The lowest BCUT2D eigenvalue weighted by Gasteiger charge is -2.30. The summed E-state index contributed by atoms with van der Waals surface area (Å²) in [5.41, 5.74) is 0. The average Bonchev–Trinajstić information content (AvgIpc) is 2.44. The smallest absolute Gasteiger partial charge is 0.399 e. The van der Waals surface area contributed by atoms with Crippen molar-refractivity contribution in [3.63, 3.8) is 0 Å². The Labute approximate surface area is 146 Å². The lowest BCUT2D eigenvalue weighted by Crippen LogP contribution is -2.52. The standard InChI is InChI=1S/C16H38O5Si2/c1-13(2)9-17-22-21-23(18-10-14(3)4,19-11-15(5)6)20-12-16(7)8/h13-16H,9-12,22H2,1-8H3. The van der Waals surface area contributed by atoms with Crippen molar-refractivity contribution in [2.45, 2.75) is 55.4 Å². The van der Waals surface area contributed by atoms with Crippen LogP contribution in [-0.4, -0.2) is 45.5 Å².